The number of benzene rings is 1. The number of nitrogens with one attached hydrogen (secondary N) is 2. The molecule has 2 unspecified atom stereocenters. The van der Waals surface area contributed by atoms with Crippen molar-refractivity contribution in [2.24, 2.45) is 0 Å². The van der Waals surface area contributed by atoms with Gasteiger partial charge in [-0.25, -0.2) is 8.78 Å². The van der Waals surface area contributed by atoms with E-state index in [0.29, 0.717) is 5.56 Å². The van der Waals surface area contributed by atoms with Crippen LogP contribution < -0.4 is 15.4 Å². The average molecular weight is 357 g/mol. The number of halogens is 5. The maximum atomic E-state index is 13.1. The van der Waals surface area contributed by atoms with Crippen molar-refractivity contribution < 1.29 is 27.1 Å². The fourth-order valence-corrected chi connectivity index (χ4v) is 2.26. The van der Waals surface area contributed by atoms with Gasteiger partial charge in [0.1, 0.15) is 5.75 Å². The van der Waals surface area contributed by atoms with Gasteiger partial charge in [-0.15, -0.1) is 12.4 Å². The lowest BCUT2D eigenvalue weighted by molar-refractivity contribution is -0.124. The van der Waals surface area contributed by atoms with Crippen LogP contribution in [-0.4, -0.2) is 31.0 Å². The zero-order valence-corrected chi connectivity index (χ0v) is 13.0. The minimum atomic E-state index is -2.94. The van der Waals surface area contributed by atoms with Crippen molar-refractivity contribution in [2.75, 3.05) is 6.54 Å². The van der Waals surface area contributed by atoms with Crippen molar-refractivity contribution in [3.63, 3.8) is 0 Å². The van der Waals surface area contributed by atoms with Gasteiger partial charge in [0.05, 0.1) is 18.6 Å². The standard InChI is InChI=1S/C14H16F4N2O2.ClH/c1-8(9-3-2-4-10(5-9)22-13(15)16)20-12(21)11-6-14(17,18)7-19-11;/h2-5,8,11,13,19H,6-7H2,1H3,(H,20,21);1H. The van der Waals surface area contributed by atoms with Gasteiger partial charge in [-0.3, -0.25) is 10.1 Å². The molecule has 1 amide bonds. The molecule has 2 rings (SSSR count). The van der Waals surface area contributed by atoms with Crippen LogP contribution in [-0.2, 0) is 4.79 Å². The average Bonchev–Trinajstić information content (AvgIpc) is 2.78. The molecule has 0 bridgehead atoms. The van der Waals surface area contributed by atoms with Crippen LogP contribution in [0, 0.1) is 0 Å². The molecule has 23 heavy (non-hydrogen) atoms. The first-order chi connectivity index (χ1) is 10.3. The molecule has 1 aliphatic rings. The van der Waals surface area contributed by atoms with Gasteiger partial charge in [0.2, 0.25) is 5.91 Å². The SMILES string of the molecule is CC(NC(=O)C1CC(F)(F)CN1)c1cccc(OC(F)F)c1.Cl. The summed E-state index contributed by atoms with van der Waals surface area (Å²) in [7, 11) is 0. The molecule has 9 heteroatoms. The summed E-state index contributed by atoms with van der Waals surface area (Å²) in [5.41, 5.74) is 0.538. The molecule has 2 N–H and O–H groups in total. The van der Waals surface area contributed by atoms with E-state index in [9.17, 15) is 22.4 Å². The summed E-state index contributed by atoms with van der Waals surface area (Å²) in [5.74, 6) is -3.47. The molecular formula is C14H17ClF4N2O2. The summed E-state index contributed by atoms with van der Waals surface area (Å²) in [6.07, 6.45) is -0.555. The second kappa shape index (κ2) is 7.83. The van der Waals surface area contributed by atoms with Crippen molar-refractivity contribution in [1.29, 1.82) is 0 Å². The summed E-state index contributed by atoms with van der Waals surface area (Å²) >= 11 is 0. The molecule has 0 saturated carbocycles. The van der Waals surface area contributed by atoms with Gasteiger partial charge >= 0.3 is 6.61 Å². The predicted molar refractivity (Wildman–Crippen MR) is 78.2 cm³/mol. The van der Waals surface area contributed by atoms with Gasteiger partial charge in [0, 0.05) is 6.42 Å². The lowest BCUT2D eigenvalue weighted by atomic mass is 10.1. The summed E-state index contributed by atoms with van der Waals surface area (Å²) < 4.78 is 54.7. The Kier molecular flexibility index (Phi) is 6.64. The lowest BCUT2D eigenvalue weighted by Gasteiger charge is -2.18. The van der Waals surface area contributed by atoms with E-state index in [0.717, 1.165) is 0 Å². The van der Waals surface area contributed by atoms with Crippen LogP contribution in [0.4, 0.5) is 17.6 Å². The van der Waals surface area contributed by atoms with Crippen LogP contribution in [0.15, 0.2) is 24.3 Å². The molecule has 1 aliphatic heterocycles. The topological polar surface area (TPSA) is 50.4 Å². The smallest absolute Gasteiger partial charge is 0.387 e. The van der Waals surface area contributed by atoms with E-state index in [1.54, 1.807) is 13.0 Å². The van der Waals surface area contributed by atoms with Crippen LogP contribution in [0.5, 0.6) is 5.75 Å². The van der Waals surface area contributed by atoms with E-state index in [2.05, 4.69) is 15.4 Å². The van der Waals surface area contributed by atoms with E-state index in [1.807, 2.05) is 0 Å². The summed E-state index contributed by atoms with van der Waals surface area (Å²) in [4.78, 5) is 11.9. The number of hydrogen-bond acceptors (Lipinski definition) is 3. The van der Waals surface area contributed by atoms with Gasteiger partial charge in [-0.1, -0.05) is 12.1 Å². The zero-order chi connectivity index (χ0) is 16.3. The number of rotatable bonds is 5. The Morgan fingerprint density at radius 2 is 2.13 bits per heavy atom. The molecule has 2 atom stereocenters. The zero-order valence-electron chi connectivity index (χ0n) is 12.2. The van der Waals surface area contributed by atoms with Crippen LogP contribution in [0.1, 0.15) is 24.9 Å². The highest BCUT2D eigenvalue weighted by Gasteiger charge is 2.42. The van der Waals surface area contributed by atoms with E-state index in [4.69, 9.17) is 0 Å². The largest absolute Gasteiger partial charge is 0.435 e. The third-order valence-electron chi connectivity index (χ3n) is 3.37. The number of carbonyl (C=O) groups excluding carboxylic acids is 1. The number of ether oxygens (including phenoxy) is 1. The molecule has 1 fully saturated rings. The Hall–Kier alpha value is -1.54. The highest BCUT2D eigenvalue weighted by Crippen LogP contribution is 2.26. The maximum absolute atomic E-state index is 13.1. The van der Waals surface area contributed by atoms with Crippen molar-refractivity contribution in [3.8, 4) is 5.75 Å². The number of carbonyl (C=O) groups is 1. The predicted octanol–water partition coefficient (Wildman–Crippen LogP) is 2.88. The van der Waals surface area contributed by atoms with E-state index in [1.165, 1.54) is 18.2 Å². The highest BCUT2D eigenvalue weighted by molar-refractivity contribution is 5.85. The van der Waals surface area contributed by atoms with Gasteiger partial charge in [-0.05, 0) is 24.6 Å². The monoisotopic (exact) mass is 356 g/mol. The Balaban J connectivity index is 0.00000264. The molecular weight excluding hydrogens is 340 g/mol. The third kappa shape index (κ3) is 5.54. The van der Waals surface area contributed by atoms with E-state index in [-0.39, 0.29) is 18.2 Å². The number of amides is 1. The fourth-order valence-electron chi connectivity index (χ4n) is 2.26. The number of alkyl halides is 4. The first kappa shape index (κ1) is 19.5. The molecule has 0 aromatic heterocycles. The van der Waals surface area contributed by atoms with Gasteiger partial charge in [-0.2, -0.15) is 8.78 Å². The van der Waals surface area contributed by atoms with Gasteiger partial charge in [0.25, 0.3) is 5.92 Å². The minimum Gasteiger partial charge on any atom is -0.435 e. The van der Waals surface area contributed by atoms with Crippen LogP contribution >= 0.6 is 12.4 Å². The maximum Gasteiger partial charge on any atom is 0.387 e. The van der Waals surface area contributed by atoms with Crippen molar-refractivity contribution in [1.82, 2.24) is 10.6 Å². The van der Waals surface area contributed by atoms with Crippen molar-refractivity contribution in [3.05, 3.63) is 29.8 Å². The van der Waals surface area contributed by atoms with E-state index >= 15 is 0 Å². The second-order valence-corrected chi connectivity index (χ2v) is 5.17. The Morgan fingerprint density at radius 3 is 2.70 bits per heavy atom. The molecule has 1 heterocycles. The molecule has 1 saturated heterocycles. The van der Waals surface area contributed by atoms with E-state index < -0.39 is 43.5 Å². The molecule has 1 aromatic rings. The summed E-state index contributed by atoms with van der Waals surface area (Å²) in [6, 6.07) is 4.39. The van der Waals surface area contributed by atoms with Crippen molar-refractivity contribution >= 4 is 18.3 Å². The Bertz CT molecular complexity index is 545. The second-order valence-electron chi connectivity index (χ2n) is 5.17. The fraction of sp³-hybridized carbons (Fsp3) is 0.500. The first-order valence-corrected chi connectivity index (χ1v) is 6.73. The molecule has 0 spiro atoms. The van der Waals surface area contributed by atoms with Gasteiger partial charge in [0.15, 0.2) is 0 Å². The Labute approximate surface area is 137 Å². The molecule has 130 valence electrons. The quantitative estimate of drug-likeness (QED) is 0.798. The lowest BCUT2D eigenvalue weighted by Crippen LogP contribution is -2.41. The normalized spacial score (nSPS) is 20.7. The highest BCUT2D eigenvalue weighted by atomic mass is 35.5. The summed E-state index contributed by atoms with van der Waals surface area (Å²) in [6.45, 7) is -1.84. The Morgan fingerprint density at radius 1 is 1.43 bits per heavy atom. The summed E-state index contributed by atoms with van der Waals surface area (Å²) in [5, 5.41) is 5.03. The molecule has 1 aromatic carbocycles. The minimum absolute atomic E-state index is 0. The number of hydrogen-bond donors (Lipinski definition) is 2. The van der Waals surface area contributed by atoms with Gasteiger partial charge < -0.3 is 10.1 Å². The van der Waals surface area contributed by atoms with Crippen molar-refractivity contribution in [2.45, 2.75) is 38.0 Å². The van der Waals surface area contributed by atoms with Crippen LogP contribution in [0.3, 0.4) is 0 Å². The first-order valence-electron chi connectivity index (χ1n) is 6.73. The van der Waals surface area contributed by atoms with Crippen LogP contribution in [0.2, 0.25) is 0 Å². The molecule has 0 aliphatic carbocycles. The third-order valence-corrected chi connectivity index (χ3v) is 3.37. The molecule has 0 radical (unpaired) electrons. The molecule has 4 nitrogen and oxygen atoms in total. The van der Waals surface area contributed by atoms with Crippen LogP contribution in [0.25, 0.3) is 0 Å².